The third-order valence-electron chi connectivity index (χ3n) is 4.33. The molecule has 3 rings (SSSR count). The molecule has 23 heavy (non-hydrogen) atoms. The van der Waals surface area contributed by atoms with E-state index in [1.54, 1.807) is 11.3 Å². The van der Waals surface area contributed by atoms with E-state index in [1.165, 1.54) is 5.56 Å². The quantitative estimate of drug-likeness (QED) is 0.912. The van der Waals surface area contributed by atoms with Gasteiger partial charge in [-0.3, -0.25) is 4.90 Å². The smallest absolute Gasteiger partial charge is 0.140 e. The summed E-state index contributed by atoms with van der Waals surface area (Å²) in [4.78, 5) is 6.98. The number of rotatable bonds is 5. The highest BCUT2D eigenvalue weighted by Gasteiger charge is 2.24. The van der Waals surface area contributed by atoms with Gasteiger partial charge in [-0.15, -0.1) is 11.3 Å². The molecule has 124 valence electrons. The van der Waals surface area contributed by atoms with Crippen molar-refractivity contribution < 1.29 is 9.84 Å². The fraction of sp³-hybridized carbons (Fsp3) is 0.500. The van der Waals surface area contributed by atoms with Crippen LogP contribution in [0.5, 0.6) is 5.75 Å². The third-order valence-corrected chi connectivity index (χ3v) is 5.21. The predicted molar refractivity (Wildman–Crippen MR) is 92.7 cm³/mol. The number of piperidine rings is 1. The number of aliphatic hydroxyl groups is 1. The Morgan fingerprint density at radius 3 is 2.87 bits per heavy atom. The van der Waals surface area contributed by atoms with Gasteiger partial charge in [-0.05, 0) is 38.8 Å². The SMILES string of the molecule is Cc1ccc(OCc2nc(CN3C[C@H](O)CC[C@H]3C)cs2)cc1. The molecule has 2 heterocycles. The highest BCUT2D eigenvalue weighted by atomic mass is 32.1. The largest absolute Gasteiger partial charge is 0.486 e. The Labute approximate surface area is 141 Å². The van der Waals surface area contributed by atoms with Crippen molar-refractivity contribution in [1.29, 1.82) is 0 Å². The van der Waals surface area contributed by atoms with E-state index >= 15 is 0 Å². The van der Waals surface area contributed by atoms with Gasteiger partial charge in [0.2, 0.25) is 0 Å². The predicted octanol–water partition coefficient (Wildman–Crippen LogP) is 3.38. The van der Waals surface area contributed by atoms with Crippen LogP contribution in [0.2, 0.25) is 0 Å². The molecular formula is C18H24N2O2S. The summed E-state index contributed by atoms with van der Waals surface area (Å²) in [7, 11) is 0. The molecule has 1 fully saturated rings. The van der Waals surface area contributed by atoms with Crippen LogP contribution in [-0.4, -0.2) is 33.7 Å². The molecule has 1 aliphatic heterocycles. The number of likely N-dealkylation sites (tertiary alicyclic amines) is 1. The van der Waals surface area contributed by atoms with E-state index in [4.69, 9.17) is 4.74 Å². The molecule has 0 unspecified atom stereocenters. The normalized spacial score (nSPS) is 22.2. The first-order valence-corrected chi connectivity index (χ1v) is 9.03. The zero-order valence-electron chi connectivity index (χ0n) is 13.7. The molecule has 0 amide bonds. The van der Waals surface area contributed by atoms with Crippen LogP contribution in [0.3, 0.4) is 0 Å². The lowest BCUT2D eigenvalue weighted by molar-refractivity contribution is 0.0358. The number of aliphatic hydroxyl groups excluding tert-OH is 1. The van der Waals surface area contributed by atoms with Crippen LogP contribution >= 0.6 is 11.3 Å². The van der Waals surface area contributed by atoms with Crippen molar-refractivity contribution in [2.45, 2.75) is 52.0 Å². The Hall–Kier alpha value is -1.43. The van der Waals surface area contributed by atoms with Crippen LogP contribution < -0.4 is 4.74 Å². The number of hydrogen-bond donors (Lipinski definition) is 1. The summed E-state index contributed by atoms with van der Waals surface area (Å²) in [5, 5.41) is 12.9. The molecule has 2 aromatic rings. The molecule has 1 aromatic heterocycles. The summed E-state index contributed by atoms with van der Waals surface area (Å²) in [5.41, 5.74) is 2.30. The van der Waals surface area contributed by atoms with Gasteiger partial charge in [0.15, 0.2) is 0 Å². The number of hydrogen-bond acceptors (Lipinski definition) is 5. The first-order chi connectivity index (χ1) is 11.1. The van der Waals surface area contributed by atoms with Crippen molar-refractivity contribution in [3.63, 3.8) is 0 Å². The van der Waals surface area contributed by atoms with E-state index in [-0.39, 0.29) is 6.10 Å². The standard InChI is InChI=1S/C18H24N2O2S/c1-13-3-7-17(8-4-13)22-11-18-19-15(12-23-18)9-20-10-16(21)6-5-14(20)2/h3-4,7-8,12,14,16,21H,5-6,9-11H2,1-2H3/t14-,16-/m1/s1. The number of thiazole rings is 1. The minimum absolute atomic E-state index is 0.200. The number of aromatic nitrogens is 1. The van der Waals surface area contributed by atoms with Gasteiger partial charge in [-0.1, -0.05) is 17.7 Å². The average Bonchev–Trinajstić information content (AvgIpc) is 2.98. The highest BCUT2D eigenvalue weighted by Crippen LogP contribution is 2.21. The molecule has 0 saturated carbocycles. The van der Waals surface area contributed by atoms with Crippen LogP contribution in [0.4, 0.5) is 0 Å². The van der Waals surface area contributed by atoms with Gasteiger partial charge in [0.05, 0.1) is 11.8 Å². The van der Waals surface area contributed by atoms with E-state index in [0.717, 1.165) is 42.4 Å². The van der Waals surface area contributed by atoms with E-state index < -0.39 is 0 Å². The second-order valence-corrected chi connectivity index (χ2v) is 7.29. The summed E-state index contributed by atoms with van der Waals surface area (Å²) in [6.07, 6.45) is 1.76. The lowest BCUT2D eigenvalue weighted by Gasteiger charge is -2.35. The molecule has 0 aliphatic carbocycles. The minimum Gasteiger partial charge on any atom is -0.486 e. The average molecular weight is 332 g/mol. The molecule has 4 nitrogen and oxygen atoms in total. The van der Waals surface area contributed by atoms with Crippen LogP contribution in [0.25, 0.3) is 0 Å². The molecule has 0 radical (unpaired) electrons. The summed E-state index contributed by atoms with van der Waals surface area (Å²) in [6, 6.07) is 8.57. The van der Waals surface area contributed by atoms with Crippen molar-refractivity contribution in [3.8, 4) is 5.75 Å². The first kappa shape index (κ1) is 16.4. The van der Waals surface area contributed by atoms with Crippen molar-refractivity contribution in [1.82, 2.24) is 9.88 Å². The van der Waals surface area contributed by atoms with Crippen LogP contribution in [-0.2, 0) is 13.2 Å². The number of ether oxygens (including phenoxy) is 1. The zero-order valence-corrected chi connectivity index (χ0v) is 14.6. The van der Waals surface area contributed by atoms with Gasteiger partial charge in [0.25, 0.3) is 0 Å². The molecule has 1 aliphatic rings. The summed E-state index contributed by atoms with van der Waals surface area (Å²) in [6.45, 7) is 6.34. The number of aryl methyl sites for hydroxylation is 1. The van der Waals surface area contributed by atoms with Gasteiger partial charge in [-0.2, -0.15) is 0 Å². The Bertz CT molecular complexity index is 626. The van der Waals surface area contributed by atoms with E-state index in [2.05, 4.69) is 29.1 Å². The van der Waals surface area contributed by atoms with Crippen molar-refractivity contribution in [3.05, 3.63) is 45.9 Å². The van der Waals surface area contributed by atoms with Crippen LogP contribution in [0, 0.1) is 6.92 Å². The molecule has 2 atom stereocenters. The van der Waals surface area contributed by atoms with E-state index in [9.17, 15) is 5.11 Å². The van der Waals surface area contributed by atoms with Crippen molar-refractivity contribution in [2.75, 3.05) is 6.54 Å². The molecular weight excluding hydrogens is 308 g/mol. The van der Waals surface area contributed by atoms with Gasteiger partial charge >= 0.3 is 0 Å². The van der Waals surface area contributed by atoms with Gasteiger partial charge in [-0.25, -0.2) is 4.98 Å². The van der Waals surface area contributed by atoms with E-state index in [0.29, 0.717) is 12.6 Å². The summed E-state index contributed by atoms with van der Waals surface area (Å²) < 4.78 is 5.78. The summed E-state index contributed by atoms with van der Waals surface area (Å²) in [5.74, 6) is 0.875. The first-order valence-electron chi connectivity index (χ1n) is 8.15. The minimum atomic E-state index is -0.200. The zero-order chi connectivity index (χ0) is 16.2. The highest BCUT2D eigenvalue weighted by molar-refractivity contribution is 7.09. The molecule has 5 heteroatoms. The maximum atomic E-state index is 9.83. The fourth-order valence-electron chi connectivity index (χ4n) is 2.85. The molecule has 1 aromatic carbocycles. The molecule has 1 saturated heterocycles. The van der Waals surface area contributed by atoms with Crippen LogP contribution in [0.1, 0.15) is 36.0 Å². The lowest BCUT2D eigenvalue weighted by Crippen LogP contribution is -2.43. The number of benzene rings is 1. The molecule has 1 N–H and O–H groups in total. The van der Waals surface area contributed by atoms with E-state index in [1.807, 2.05) is 24.3 Å². The second-order valence-electron chi connectivity index (χ2n) is 6.34. The third kappa shape index (κ3) is 4.53. The van der Waals surface area contributed by atoms with Crippen molar-refractivity contribution in [2.24, 2.45) is 0 Å². The molecule has 0 spiro atoms. The second kappa shape index (κ2) is 7.43. The van der Waals surface area contributed by atoms with Crippen LogP contribution in [0.15, 0.2) is 29.6 Å². The number of nitrogens with zero attached hydrogens (tertiary/aromatic N) is 2. The topological polar surface area (TPSA) is 45.6 Å². The fourth-order valence-corrected chi connectivity index (χ4v) is 3.55. The Kier molecular flexibility index (Phi) is 5.30. The van der Waals surface area contributed by atoms with Gasteiger partial charge < -0.3 is 9.84 Å². The Morgan fingerprint density at radius 1 is 1.30 bits per heavy atom. The maximum Gasteiger partial charge on any atom is 0.140 e. The Balaban J connectivity index is 1.54. The summed E-state index contributed by atoms with van der Waals surface area (Å²) >= 11 is 1.64. The Morgan fingerprint density at radius 2 is 2.09 bits per heavy atom. The lowest BCUT2D eigenvalue weighted by atomic mass is 10.0. The monoisotopic (exact) mass is 332 g/mol. The van der Waals surface area contributed by atoms with Crippen molar-refractivity contribution >= 4 is 11.3 Å². The maximum absolute atomic E-state index is 9.83. The van der Waals surface area contributed by atoms with Gasteiger partial charge in [0, 0.05) is 24.5 Å². The van der Waals surface area contributed by atoms with Gasteiger partial charge in [0.1, 0.15) is 17.4 Å². The number of β-amino-alcohol motifs (C(OH)–C–C–N with tert-alkyl or cyclic N) is 1. The molecule has 0 bridgehead atoms.